The van der Waals surface area contributed by atoms with Crippen molar-refractivity contribution in [3.63, 3.8) is 0 Å². The number of aromatic nitrogens is 1. The molecule has 3 N–H and O–H groups in total. The highest BCUT2D eigenvalue weighted by atomic mass is 32.2. The van der Waals surface area contributed by atoms with Gasteiger partial charge in [0.05, 0.1) is 0 Å². The Morgan fingerprint density at radius 1 is 1.35 bits per heavy atom. The molecule has 2 aromatic rings. The molecule has 1 aliphatic rings. The van der Waals surface area contributed by atoms with E-state index >= 15 is 0 Å². The number of nitrogens with one attached hydrogen (secondary N) is 1. The summed E-state index contributed by atoms with van der Waals surface area (Å²) in [7, 11) is -3.53. The molecule has 0 atom stereocenters. The van der Waals surface area contributed by atoms with Crippen LogP contribution in [-0.4, -0.2) is 13.4 Å². The van der Waals surface area contributed by atoms with Crippen molar-refractivity contribution in [2.45, 2.75) is 30.7 Å². The van der Waals surface area contributed by atoms with Gasteiger partial charge in [-0.3, -0.25) is 0 Å². The van der Waals surface area contributed by atoms with E-state index in [4.69, 9.17) is 5.73 Å². The highest BCUT2D eigenvalue weighted by molar-refractivity contribution is 7.89. The molecule has 0 aromatic carbocycles. The SMILES string of the molecule is Nc1ccc(S(=O)(=O)NCc2cc3c(s2)CCC3)cn1. The van der Waals surface area contributed by atoms with Crippen LogP contribution in [0.5, 0.6) is 0 Å². The monoisotopic (exact) mass is 309 g/mol. The number of thiophene rings is 1. The van der Waals surface area contributed by atoms with Crippen molar-refractivity contribution in [3.05, 3.63) is 39.7 Å². The number of rotatable bonds is 4. The van der Waals surface area contributed by atoms with Crippen LogP contribution in [0.1, 0.15) is 21.7 Å². The first-order valence-electron chi connectivity index (χ1n) is 6.36. The lowest BCUT2D eigenvalue weighted by Gasteiger charge is -2.05. The van der Waals surface area contributed by atoms with Gasteiger partial charge in [0.2, 0.25) is 10.0 Å². The molecule has 3 rings (SSSR count). The lowest BCUT2D eigenvalue weighted by Crippen LogP contribution is -2.23. The quantitative estimate of drug-likeness (QED) is 0.900. The van der Waals surface area contributed by atoms with Crippen molar-refractivity contribution in [1.29, 1.82) is 0 Å². The van der Waals surface area contributed by atoms with Crippen molar-refractivity contribution in [3.8, 4) is 0 Å². The summed E-state index contributed by atoms with van der Waals surface area (Å²) < 4.78 is 26.8. The second-order valence-corrected chi connectivity index (χ2v) is 7.75. The molecule has 7 heteroatoms. The molecule has 1 aliphatic carbocycles. The van der Waals surface area contributed by atoms with Gasteiger partial charge in [-0.15, -0.1) is 11.3 Å². The lowest BCUT2D eigenvalue weighted by atomic mass is 10.2. The van der Waals surface area contributed by atoms with Crippen LogP contribution in [0.2, 0.25) is 0 Å². The summed E-state index contributed by atoms with van der Waals surface area (Å²) in [6.07, 6.45) is 4.71. The molecule has 0 fully saturated rings. The average Bonchev–Trinajstić information content (AvgIpc) is 2.97. The number of nitrogens with two attached hydrogens (primary N) is 1. The molecule has 2 heterocycles. The summed E-state index contributed by atoms with van der Waals surface area (Å²) in [5.41, 5.74) is 6.82. The van der Waals surface area contributed by atoms with Crippen LogP contribution < -0.4 is 10.5 Å². The Morgan fingerprint density at radius 2 is 2.20 bits per heavy atom. The van der Waals surface area contributed by atoms with Gasteiger partial charge in [0, 0.05) is 22.5 Å². The van der Waals surface area contributed by atoms with Crippen molar-refractivity contribution in [2.24, 2.45) is 0 Å². The molecule has 0 amide bonds. The van der Waals surface area contributed by atoms with Crippen LogP contribution >= 0.6 is 11.3 Å². The Balaban J connectivity index is 1.71. The van der Waals surface area contributed by atoms with Gasteiger partial charge in [-0.1, -0.05) is 0 Å². The zero-order valence-corrected chi connectivity index (χ0v) is 12.4. The Morgan fingerprint density at radius 3 is 2.90 bits per heavy atom. The van der Waals surface area contributed by atoms with Crippen LogP contribution in [0.25, 0.3) is 0 Å². The smallest absolute Gasteiger partial charge is 0.242 e. The number of hydrogen-bond donors (Lipinski definition) is 2. The molecule has 2 aromatic heterocycles. The largest absolute Gasteiger partial charge is 0.384 e. The van der Waals surface area contributed by atoms with Crippen LogP contribution in [0, 0.1) is 0 Å². The van der Waals surface area contributed by atoms with Crippen LogP contribution in [0.3, 0.4) is 0 Å². The topological polar surface area (TPSA) is 85.1 Å². The molecule has 106 valence electrons. The van der Waals surface area contributed by atoms with E-state index in [0.29, 0.717) is 12.4 Å². The van der Waals surface area contributed by atoms with Crippen molar-refractivity contribution < 1.29 is 8.42 Å². The summed E-state index contributed by atoms with van der Waals surface area (Å²) >= 11 is 1.70. The summed E-state index contributed by atoms with van der Waals surface area (Å²) in [6, 6.07) is 5.05. The maximum atomic E-state index is 12.1. The fourth-order valence-electron chi connectivity index (χ4n) is 2.28. The van der Waals surface area contributed by atoms with E-state index < -0.39 is 10.0 Å². The van der Waals surface area contributed by atoms with Gasteiger partial charge >= 0.3 is 0 Å². The second kappa shape index (κ2) is 5.16. The van der Waals surface area contributed by atoms with Gasteiger partial charge in [-0.05, 0) is 43.0 Å². The standard InChI is InChI=1S/C13H15N3O2S2/c14-13-5-4-11(8-15-13)20(17,18)16-7-10-6-9-2-1-3-12(9)19-10/h4-6,8,16H,1-3,7H2,(H2,14,15). The predicted octanol–water partition coefficient (Wildman–Crippen LogP) is 1.69. The number of anilines is 1. The minimum Gasteiger partial charge on any atom is -0.384 e. The van der Waals surface area contributed by atoms with Gasteiger partial charge in [-0.2, -0.15) is 0 Å². The van der Waals surface area contributed by atoms with Gasteiger partial charge in [0.15, 0.2) is 0 Å². The number of hydrogen-bond acceptors (Lipinski definition) is 5. The third-order valence-electron chi connectivity index (χ3n) is 3.30. The molecule has 0 saturated heterocycles. The first-order chi connectivity index (χ1) is 9.54. The third kappa shape index (κ3) is 2.70. The molecular weight excluding hydrogens is 294 g/mol. The molecule has 20 heavy (non-hydrogen) atoms. The van der Waals surface area contributed by atoms with Crippen molar-refractivity contribution >= 4 is 27.2 Å². The van der Waals surface area contributed by atoms with Crippen LogP contribution in [0.4, 0.5) is 5.82 Å². The van der Waals surface area contributed by atoms with Gasteiger partial charge in [0.1, 0.15) is 10.7 Å². The molecule has 0 spiro atoms. The molecule has 0 saturated carbocycles. The van der Waals surface area contributed by atoms with E-state index in [1.54, 1.807) is 11.3 Å². The maximum Gasteiger partial charge on any atom is 0.242 e. The van der Waals surface area contributed by atoms with E-state index in [1.807, 2.05) is 0 Å². The van der Waals surface area contributed by atoms with E-state index in [2.05, 4.69) is 15.8 Å². The highest BCUT2D eigenvalue weighted by Gasteiger charge is 2.17. The van der Waals surface area contributed by atoms with E-state index in [-0.39, 0.29) is 4.90 Å². The summed E-state index contributed by atoms with van der Waals surface area (Å²) in [6.45, 7) is 0.324. The first-order valence-corrected chi connectivity index (χ1v) is 8.66. The molecular formula is C13H15N3O2S2. The third-order valence-corrected chi connectivity index (χ3v) is 5.93. The highest BCUT2D eigenvalue weighted by Crippen LogP contribution is 2.30. The second-order valence-electron chi connectivity index (χ2n) is 4.76. The Hall–Kier alpha value is -1.44. The minimum atomic E-state index is -3.53. The number of aryl methyl sites for hydroxylation is 2. The Bertz CT molecular complexity index is 699. The van der Waals surface area contributed by atoms with Crippen molar-refractivity contribution in [2.75, 3.05) is 5.73 Å². The maximum absolute atomic E-state index is 12.1. The average molecular weight is 309 g/mol. The number of nitrogens with zero attached hydrogens (tertiary/aromatic N) is 1. The van der Waals surface area contributed by atoms with Gasteiger partial charge < -0.3 is 5.73 Å². The van der Waals surface area contributed by atoms with Crippen molar-refractivity contribution in [1.82, 2.24) is 9.71 Å². The molecule has 0 radical (unpaired) electrons. The predicted molar refractivity (Wildman–Crippen MR) is 79.0 cm³/mol. The normalized spacial score (nSPS) is 14.4. The zero-order chi connectivity index (χ0) is 14.2. The molecule has 5 nitrogen and oxygen atoms in total. The summed E-state index contributed by atoms with van der Waals surface area (Å²) in [4.78, 5) is 6.39. The number of pyridine rings is 1. The summed E-state index contributed by atoms with van der Waals surface area (Å²) in [5.74, 6) is 0.304. The molecule has 0 bridgehead atoms. The Labute approximate surface area is 121 Å². The molecule has 0 unspecified atom stereocenters. The molecule has 0 aliphatic heterocycles. The Kier molecular flexibility index (Phi) is 3.49. The number of sulfonamides is 1. The van der Waals surface area contributed by atoms with E-state index in [9.17, 15) is 8.42 Å². The zero-order valence-electron chi connectivity index (χ0n) is 10.8. The van der Waals surface area contributed by atoms with E-state index in [1.165, 1.54) is 35.2 Å². The first kappa shape index (κ1) is 13.5. The minimum absolute atomic E-state index is 0.135. The summed E-state index contributed by atoms with van der Waals surface area (Å²) in [5, 5.41) is 0. The number of fused-ring (bicyclic) bond motifs is 1. The van der Waals surface area contributed by atoms with Crippen LogP contribution in [0.15, 0.2) is 29.3 Å². The van der Waals surface area contributed by atoms with Crippen LogP contribution in [-0.2, 0) is 29.4 Å². The fourth-order valence-corrected chi connectivity index (χ4v) is 4.52. The lowest BCUT2D eigenvalue weighted by molar-refractivity contribution is 0.581. The van der Waals surface area contributed by atoms with Gasteiger partial charge in [-0.25, -0.2) is 18.1 Å². The fraction of sp³-hybridized carbons (Fsp3) is 0.308. The van der Waals surface area contributed by atoms with Gasteiger partial charge in [0.25, 0.3) is 0 Å². The van der Waals surface area contributed by atoms with E-state index in [0.717, 1.165) is 17.7 Å². The number of nitrogen functional groups attached to an aromatic ring is 1.